The minimum atomic E-state index is -0.0857. The number of fused-ring (bicyclic) bond motifs is 1. The Morgan fingerprint density at radius 1 is 1.24 bits per heavy atom. The maximum absolute atomic E-state index is 12.7. The molecule has 0 bridgehead atoms. The van der Waals surface area contributed by atoms with Gasteiger partial charge in [0.25, 0.3) is 5.91 Å². The van der Waals surface area contributed by atoms with Gasteiger partial charge in [-0.1, -0.05) is 12.1 Å². The largest absolute Gasteiger partial charge is 0.376 e. The van der Waals surface area contributed by atoms with Gasteiger partial charge >= 0.3 is 0 Å². The number of amides is 2. The van der Waals surface area contributed by atoms with Crippen molar-refractivity contribution < 1.29 is 14.3 Å². The molecule has 0 aliphatic carbocycles. The smallest absolute Gasteiger partial charge is 0.256 e. The van der Waals surface area contributed by atoms with Gasteiger partial charge in [-0.25, -0.2) is 0 Å². The highest BCUT2D eigenvalue weighted by atomic mass is 16.5. The first-order valence-electron chi connectivity index (χ1n) is 7.43. The molecule has 0 radical (unpaired) electrons. The average molecular weight is 288 g/mol. The summed E-state index contributed by atoms with van der Waals surface area (Å²) in [6.45, 7) is 1.35. The van der Waals surface area contributed by atoms with Crippen LogP contribution in [0.1, 0.15) is 29.6 Å². The summed E-state index contributed by atoms with van der Waals surface area (Å²) in [6.07, 6.45) is 3.20. The van der Waals surface area contributed by atoms with E-state index in [0.717, 1.165) is 25.9 Å². The van der Waals surface area contributed by atoms with Gasteiger partial charge in [-0.3, -0.25) is 9.59 Å². The molecule has 1 aromatic rings. The number of hydrogen-bond acceptors (Lipinski definition) is 3. The number of carbonyl (C=O) groups is 2. The minimum Gasteiger partial charge on any atom is -0.376 e. The van der Waals surface area contributed by atoms with Crippen molar-refractivity contribution in [2.45, 2.75) is 25.4 Å². The van der Waals surface area contributed by atoms with Crippen molar-refractivity contribution in [3.05, 3.63) is 29.8 Å². The van der Waals surface area contributed by atoms with E-state index in [0.29, 0.717) is 17.8 Å². The maximum Gasteiger partial charge on any atom is 0.256 e. The molecule has 2 aliphatic heterocycles. The summed E-state index contributed by atoms with van der Waals surface area (Å²) in [7, 11) is 1.72. The van der Waals surface area contributed by atoms with Crippen molar-refractivity contribution >= 4 is 17.5 Å². The summed E-state index contributed by atoms with van der Waals surface area (Å²) in [4.78, 5) is 28.1. The van der Waals surface area contributed by atoms with Crippen LogP contribution in [-0.4, -0.2) is 49.6 Å². The fourth-order valence-electron chi connectivity index (χ4n) is 2.94. The molecular weight excluding hydrogens is 268 g/mol. The average Bonchev–Trinajstić information content (AvgIpc) is 2.61. The van der Waals surface area contributed by atoms with Gasteiger partial charge in [0.05, 0.1) is 17.4 Å². The van der Waals surface area contributed by atoms with Crippen LogP contribution in [0.3, 0.4) is 0 Å². The Bertz CT molecular complexity index is 552. The predicted molar refractivity (Wildman–Crippen MR) is 79.3 cm³/mol. The number of benzene rings is 1. The molecule has 0 N–H and O–H groups in total. The van der Waals surface area contributed by atoms with Crippen LogP contribution in [0.25, 0.3) is 0 Å². The Labute approximate surface area is 124 Å². The van der Waals surface area contributed by atoms with E-state index >= 15 is 0 Å². The van der Waals surface area contributed by atoms with Crippen molar-refractivity contribution in [2.24, 2.45) is 0 Å². The standard InChI is InChI=1S/C16H20N2O3/c1-17-14-8-3-2-7-13(14)16(20)18(11-15(17)19)10-12-6-4-5-9-21-12/h2-3,7-8,12H,4-6,9-11H2,1H3/t12-/m1/s1. The van der Waals surface area contributed by atoms with E-state index in [4.69, 9.17) is 4.74 Å². The molecule has 2 heterocycles. The van der Waals surface area contributed by atoms with E-state index < -0.39 is 0 Å². The van der Waals surface area contributed by atoms with Crippen molar-refractivity contribution in [1.82, 2.24) is 4.90 Å². The Balaban J connectivity index is 1.85. The van der Waals surface area contributed by atoms with Gasteiger partial charge in [0.1, 0.15) is 6.54 Å². The van der Waals surface area contributed by atoms with E-state index in [-0.39, 0.29) is 24.5 Å². The van der Waals surface area contributed by atoms with Crippen molar-refractivity contribution in [3.63, 3.8) is 0 Å². The second kappa shape index (κ2) is 5.85. The van der Waals surface area contributed by atoms with Crippen LogP contribution in [-0.2, 0) is 9.53 Å². The third-order valence-corrected chi connectivity index (χ3v) is 4.18. The molecule has 0 spiro atoms. The lowest BCUT2D eigenvalue weighted by Gasteiger charge is -2.28. The van der Waals surface area contributed by atoms with Crippen molar-refractivity contribution in [3.8, 4) is 0 Å². The van der Waals surface area contributed by atoms with Crippen LogP contribution < -0.4 is 4.90 Å². The van der Waals surface area contributed by atoms with Crippen molar-refractivity contribution in [2.75, 3.05) is 31.6 Å². The molecule has 1 atom stereocenters. The van der Waals surface area contributed by atoms with Crippen LogP contribution in [0.4, 0.5) is 5.69 Å². The van der Waals surface area contributed by atoms with Gasteiger partial charge in [0, 0.05) is 20.2 Å². The lowest BCUT2D eigenvalue weighted by atomic mass is 10.1. The summed E-state index contributed by atoms with van der Waals surface area (Å²) in [5.41, 5.74) is 1.27. The van der Waals surface area contributed by atoms with Crippen LogP contribution in [0.5, 0.6) is 0 Å². The highest BCUT2D eigenvalue weighted by Crippen LogP contribution is 2.25. The number of hydrogen-bond donors (Lipinski definition) is 0. The van der Waals surface area contributed by atoms with Gasteiger partial charge in [-0.05, 0) is 31.4 Å². The second-order valence-electron chi connectivity index (χ2n) is 5.64. The van der Waals surface area contributed by atoms with E-state index in [1.54, 1.807) is 22.9 Å². The molecule has 0 aromatic heterocycles. The molecule has 112 valence electrons. The minimum absolute atomic E-state index is 0.0473. The van der Waals surface area contributed by atoms with Gasteiger partial charge in [0.15, 0.2) is 0 Å². The Morgan fingerprint density at radius 3 is 2.81 bits per heavy atom. The first-order valence-corrected chi connectivity index (χ1v) is 7.43. The number of ether oxygens (including phenoxy) is 1. The molecule has 1 saturated heterocycles. The summed E-state index contributed by atoms with van der Waals surface area (Å²) >= 11 is 0. The fraction of sp³-hybridized carbons (Fsp3) is 0.500. The quantitative estimate of drug-likeness (QED) is 0.832. The van der Waals surface area contributed by atoms with Crippen LogP contribution in [0.15, 0.2) is 24.3 Å². The molecule has 21 heavy (non-hydrogen) atoms. The zero-order chi connectivity index (χ0) is 14.8. The lowest BCUT2D eigenvalue weighted by Crippen LogP contribution is -2.43. The van der Waals surface area contributed by atoms with Crippen LogP contribution in [0, 0.1) is 0 Å². The number of anilines is 1. The van der Waals surface area contributed by atoms with E-state index in [2.05, 4.69) is 0 Å². The highest BCUT2D eigenvalue weighted by molar-refractivity contribution is 6.09. The molecule has 0 unspecified atom stereocenters. The normalized spacial score (nSPS) is 23.0. The lowest BCUT2D eigenvalue weighted by molar-refractivity contribution is -0.119. The van der Waals surface area contributed by atoms with Gasteiger partial charge in [0.2, 0.25) is 5.91 Å². The monoisotopic (exact) mass is 288 g/mol. The Hall–Kier alpha value is -1.88. The van der Waals surface area contributed by atoms with Gasteiger partial charge in [-0.2, -0.15) is 0 Å². The number of nitrogens with zero attached hydrogens (tertiary/aromatic N) is 2. The molecule has 1 aromatic carbocycles. The Kier molecular flexibility index (Phi) is 3.92. The van der Waals surface area contributed by atoms with Crippen LogP contribution in [0.2, 0.25) is 0 Å². The predicted octanol–water partition coefficient (Wildman–Crippen LogP) is 1.67. The van der Waals surface area contributed by atoms with Crippen LogP contribution >= 0.6 is 0 Å². The molecule has 3 rings (SSSR count). The highest BCUT2D eigenvalue weighted by Gasteiger charge is 2.31. The van der Waals surface area contributed by atoms with E-state index in [1.807, 2.05) is 18.2 Å². The van der Waals surface area contributed by atoms with Crippen molar-refractivity contribution in [1.29, 1.82) is 0 Å². The molecular formula is C16H20N2O3. The zero-order valence-corrected chi connectivity index (χ0v) is 12.2. The number of para-hydroxylation sites is 1. The first-order chi connectivity index (χ1) is 10.2. The topological polar surface area (TPSA) is 49.9 Å². The molecule has 5 heteroatoms. The third-order valence-electron chi connectivity index (χ3n) is 4.18. The number of rotatable bonds is 2. The Morgan fingerprint density at radius 2 is 2.05 bits per heavy atom. The summed E-state index contributed by atoms with van der Waals surface area (Å²) < 4.78 is 5.70. The fourth-order valence-corrected chi connectivity index (χ4v) is 2.94. The van der Waals surface area contributed by atoms with Gasteiger partial charge in [-0.15, -0.1) is 0 Å². The summed E-state index contributed by atoms with van der Waals surface area (Å²) in [5, 5.41) is 0. The summed E-state index contributed by atoms with van der Waals surface area (Å²) in [6, 6.07) is 7.26. The molecule has 2 amide bonds. The number of carbonyl (C=O) groups excluding carboxylic acids is 2. The molecule has 1 fully saturated rings. The molecule has 2 aliphatic rings. The summed E-state index contributed by atoms with van der Waals surface area (Å²) in [5.74, 6) is -0.151. The van der Waals surface area contributed by atoms with E-state index in [9.17, 15) is 9.59 Å². The molecule has 0 saturated carbocycles. The maximum atomic E-state index is 12.7. The first kappa shape index (κ1) is 14.1. The second-order valence-corrected chi connectivity index (χ2v) is 5.64. The third kappa shape index (κ3) is 2.78. The van der Waals surface area contributed by atoms with Gasteiger partial charge < -0.3 is 14.5 Å². The number of likely N-dealkylation sites (N-methyl/N-ethyl adjacent to an activating group) is 1. The van der Waals surface area contributed by atoms with E-state index in [1.165, 1.54) is 0 Å². The molecule has 5 nitrogen and oxygen atoms in total. The zero-order valence-electron chi connectivity index (χ0n) is 12.2. The SMILES string of the molecule is CN1C(=O)CN(C[C@H]2CCCCO2)C(=O)c2ccccc21.